The molecule has 1 N–H and O–H groups in total. The molecule has 0 radical (unpaired) electrons. The van der Waals surface area contributed by atoms with E-state index in [1.807, 2.05) is 13.0 Å². The molecule has 5 nitrogen and oxygen atoms in total. The minimum atomic E-state index is -0.510. The van der Waals surface area contributed by atoms with Crippen LogP contribution in [0.5, 0.6) is 5.75 Å². The molecule has 0 saturated heterocycles. The maximum Gasteiger partial charge on any atom is 0.261 e. The number of amides is 2. The molecule has 3 aliphatic rings. The van der Waals surface area contributed by atoms with Crippen LogP contribution in [-0.2, 0) is 16.0 Å². The van der Waals surface area contributed by atoms with Crippen LogP contribution in [0.3, 0.4) is 0 Å². The van der Waals surface area contributed by atoms with Gasteiger partial charge in [0, 0.05) is 19.0 Å². The molecule has 1 aliphatic heterocycles. The third-order valence-corrected chi connectivity index (χ3v) is 7.93. The zero-order chi connectivity index (χ0) is 24.4. The molecule has 2 aromatic rings. The standard InChI is InChI=1S/C30H38N2O3/c1-3-27(29(33)31-19-21-10-11-21)35-25-15-14-22-16-17-32(30(34)24-6-4-5-7-24)28(26(22)18-25)23-12-8-20(2)9-13-23/h8-9,12-15,18,21,24,27-28H,3-7,10-11,16-17,19H2,1-2H3,(H,31,33)/t27-,28+/m0/s1. The van der Waals surface area contributed by atoms with Gasteiger partial charge >= 0.3 is 0 Å². The van der Waals surface area contributed by atoms with Gasteiger partial charge in [-0.3, -0.25) is 9.59 Å². The first kappa shape index (κ1) is 23.9. The van der Waals surface area contributed by atoms with Gasteiger partial charge in [0.25, 0.3) is 5.91 Å². The Morgan fingerprint density at radius 2 is 1.80 bits per heavy atom. The molecule has 2 aliphatic carbocycles. The van der Waals surface area contributed by atoms with Crippen molar-refractivity contribution in [2.24, 2.45) is 11.8 Å². The van der Waals surface area contributed by atoms with Gasteiger partial charge in [-0.2, -0.15) is 0 Å². The molecule has 0 unspecified atom stereocenters. The van der Waals surface area contributed by atoms with Crippen LogP contribution in [0.2, 0.25) is 0 Å². The van der Waals surface area contributed by atoms with Gasteiger partial charge in [-0.25, -0.2) is 0 Å². The smallest absolute Gasteiger partial charge is 0.261 e. The van der Waals surface area contributed by atoms with Crippen molar-refractivity contribution in [3.8, 4) is 5.75 Å². The number of carbonyl (C=O) groups excluding carboxylic acids is 2. The monoisotopic (exact) mass is 474 g/mol. The van der Waals surface area contributed by atoms with Crippen LogP contribution in [-0.4, -0.2) is 35.9 Å². The quantitative estimate of drug-likeness (QED) is 0.562. The van der Waals surface area contributed by atoms with E-state index in [2.05, 4.69) is 53.5 Å². The van der Waals surface area contributed by atoms with Crippen molar-refractivity contribution in [1.82, 2.24) is 10.2 Å². The molecule has 0 bridgehead atoms. The largest absolute Gasteiger partial charge is 0.481 e. The summed E-state index contributed by atoms with van der Waals surface area (Å²) >= 11 is 0. The number of nitrogens with one attached hydrogen (secondary N) is 1. The Morgan fingerprint density at radius 1 is 1.06 bits per heavy atom. The van der Waals surface area contributed by atoms with E-state index in [1.165, 1.54) is 24.0 Å². The first-order chi connectivity index (χ1) is 17.0. The van der Waals surface area contributed by atoms with Gasteiger partial charge in [0.15, 0.2) is 6.10 Å². The van der Waals surface area contributed by atoms with Gasteiger partial charge in [0.2, 0.25) is 5.91 Å². The van der Waals surface area contributed by atoms with Gasteiger partial charge in [0.05, 0.1) is 6.04 Å². The number of nitrogens with zero attached hydrogens (tertiary/aromatic N) is 1. The summed E-state index contributed by atoms with van der Waals surface area (Å²) < 4.78 is 6.23. The number of hydrogen-bond acceptors (Lipinski definition) is 3. The van der Waals surface area contributed by atoms with Crippen LogP contribution >= 0.6 is 0 Å². The van der Waals surface area contributed by atoms with Gasteiger partial charge in [-0.05, 0) is 80.2 Å². The minimum Gasteiger partial charge on any atom is -0.481 e. The molecule has 2 atom stereocenters. The number of rotatable bonds is 8. The van der Waals surface area contributed by atoms with Gasteiger partial charge in [-0.15, -0.1) is 0 Å². The molecule has 35 heavy (non-hydrogen) atoms. The predicted octanol–water partition coefficient (Wildman–Crippen LogP) is 5.34. The lowest BCUT2D eigenvalue weighted by Crippen LogP contribution is -2.43. The van der Waals surface area contributed by atoms with E-state index in [4.69, 9.17) is 4.74 Å². The van der Waals surface area contributed by atoms with Crippen molar-refractivity contribution in [2.45, 2.75) is 77.4 Å². The Kier molecular flexibility index (Phi) is 7.12. The Labute approximate surface area is 209 Å². The highest BCUT2D eigenvalue weighted by atomic mass is 16.5. The van der Waals surface area contributed by atoms with Crippen LogP contribution in [0.4, 0.5) is 0 Å². The Balaban J connectivity index is 1.43. The molecule has 2 saturated carbocycles. The van der Waals surface area contributed by atoms with Crippen LogP contribution in [0, 0.1) is 18.8 Å². The lowest BCUT2D eigenvalue weighted by atomic mass is 9.86. The molecule has 2 amide bonds. The van der Waals surface area contributed by atoms with E-state index in [9.17, 15) is 9.59 Å². The van der Waals surface area contributed by atoms with Crippen LogP contribution in [0.15, 0.2) is 42.5 Å². The average Bonchev–Trinajstić information content (AvgIpc) is 3.55. The maximum atomic E-state index is 13.6. The second kappa shape index (κ2) is 10.4. The molecule has 1 heterocycles. The zero-order valence-corrected chi connectivity index (χ0v) is 21.1. The minimum absolute atomic E-state index is 0.0368. The predicted molar refractivity (Wildman–Crippen MR) is 137 cm³/mol. The van der Waals surface area contributed by atoms with Gasteiger partial charge in [0.1, 0.15) is 5.75 Å². The van der Waals surface area contributed by atoms with Crippen molar-refractivity contribution in [3.63, 3.8) is 0 Å². The fourth-order valence-electron chi connectivity index (χ4n) is 5.59. The number of aryl methyl sites for hydroxylation is 1. The normalized spacial score (nSPS) is 20.9. The zero-order valence-electron chi connectivity index (χ0n) is 21.1. The molecule has 186 valence electrons. The van der Waals surface area contributed by atoms with E-state index in [-0.39, 0.29) is 23.8 Å². The molecular weight excluding hydrogens is 436 g/mol. The SMILES string of the molecule is CC[C@H](Oc1ccc2c(c1)[C@@H](c1ccc(C)cc1)N(C(=O)C1CCCC1)CC2)C(=O)NCC1CC1. The summed E-state index contributed by atoms with van der Waals surface area (Å²) in [6.07, 6.45) is 7.66. The summed E-state index contributed by atoms with van der Waals surface area (Å²) in [5.74, 6) is 1.73. The van der Waals surface area contributed by atoms with E-state index >= 15 is 0 Å². The Bertz CT molecular complexity index is 1050. The van der Waals surface area contributed by atoms with Crippen molar-refractivity contribution >= 4 is 11.8 Å². The summed E-state index contributed by atoms with van der Waals surface area (Å²) in [5, 5.41) is 3.05. The molecule has 0 spiro atoms. The third-order valence-electron chi connectivity index (χ3n) is 7.93. The number of hydrogen-bond donors (Lipinski definition) is 1. The molecular formula is C30H38N2O3. The summed E-state index contributed by atoms with van der Waals surface area (Å²) in [6, 6.07) is 14.6. The van der Waals surface area contributed by atoms with Crippen molar-refractivity contribution in [2.75, 3.05) is 13.1 Å². The highest BCUT2D eigenvalue weighted by Crippen LogP contribution is 2.40. The van der Waals surface area contributed by atoms with Gasteiger partial charge < -0.3 is 15.0 Å². The Morgan fingerprint density at radius 3 is 2.49 bits per heavy atom. The summed E-state index contributed by atoms with van der Waals surface area (Å²) in [6.45, 7) is 5.56. The molecule has 2 aromatic carbocycles. The van der Waals surface area contributed by atoms with Gasteiger partial charge in [-0.1, -0.05) is 55.7 Å². The number of ether oxygens (including phenoxy) is 1. The van der Waals surface area contributed by atoms with Crippen LogP contribution < -0.4 is 10.1 Å². The number of fused-ring (bicyclic) bond motifs is 1. The van der Waals surface area contributed by atoms with Crippen LogP contribution in [0.25, 0.3) is 0 Å². The highest BCUT2D eigenvalue weighted by molar-refractivity contribution is 5.81. The lowest BCUT2D eigenvalue weighted by molar-refractivity contribution is -0.137. The van der Waals surface area contributed by atoms with E-state index in [1.54, 1.807) is 0 Å². The highest BCUT2D eigenvalue weighted by Gasteiger charge is 2.36. The van der Waals surface area contributed by atoms with Crippen molar-refractivity contribution in [3.05, 3.63) is 64.7 Å². The van der Waals surface area contributed by atoms with Crippen LogP contribution in [0.1, 0.15) is 80.2 Å². The second-order valence-electron chi connectivity index (χ2n) is 10.6. The van der Waals surface area contributed by atoms with E-state index < -0.39 is 6.10 Å². The van der Waals surface area contributed by atoms with E-state index in [0.717, 1.165) is 56.3 Å². The summed E-state index contributed by atoms with van der Waals surface area (Å²) in [4.78, 5) is 28.5. The Hall–Kier alpha value is -2.82. The second-order valence-corrected chi connectivity index (χ2v) is 10.6. The van der Waals surface area contributed by atoms with Crippen molar-refractivity contribution in [1.29, 1.82) is 0 Å². The fourth-order valence-corrected chi connectivity index (χ4v) is 5.59. The summed E-state index contributed by atoms with van der Waals surface area (Å²) in [5.41, 5.74) is 4.72. The molecule has 5 rings (SSSR count). The lowest BCUT2D eigenvalue weighted by Gasteiger charge is -2.39. The molecule has 5 heteroatoms. The summed E-state index contributed by atoms with van der Waals surface area (Å²) in [7, 11) is 0. The average molecular weight is 475 g/mol. The number of benzene rings is 2. The molecule has 2 fully saturated rings. The van der Waals surface area contributed by atoms with Crippen molar-refractivity contribution < 1.29 is 14.3 Å². The topological polar surface area (TPSA) is 58.6 Å². The third kappa shape index (κ3) is 5.39. The number of carbonyl (C=O) groups is 2. The fraction of sp³-hybridized carbons (Fsp3) is 0.533. The maximum absolute atomic E-state index is 13.6. The first-order valence-electron chi connectivity index (χ1n) is 13.5. The van der Waals surface area contributed by atoms with E-state index in [0.29, 0.717) is 18.1 Å². The first-order valence-corrected chi connectivity index (χ1v) is 13.5. The molecule has 0 aromatic heterocycles.